The number of anilines is 1. The van der Waals surface area contributed by atoms with Crippen LogP contribution >= 0.6 is 0 Å². The zero-order valence-electron chi connectivity index (χ0n) is 11.9. The van der Waals surface area contributed by atoms with Gasteiger partial charge in [-0.25, -0.2) is 0 Å². The van der Waals surface area contributed by atoms with Gasteiger partial charge in [0.25, 0.3) is 0 Å². The number of Topliss-reactive ketones (excluding diaryl/α,β-unsaturated/α-hetero) is 1. The number of nitrogens with zero attached hydrogens (tertiary/aromatic N) is 1. The minimum absolute atomic E-state index is 0.0582. The molecule has 1 aliphatic heterocycles. The molecule has 6 rings (SSSR count). The van der Waals surface area contributed by atoms with Crippen molar-refractivity contribution in [2.75, 3.05) is 4.90 Å². The van der Waals surface area contributed by atoms with Crippen LogP contribution in [-0.4, -0.2) is 17.6 Å². The molecule has 110 valence electrons. The van der Waals surface area contributed by atoms with Crippen molar-refractivity contribution in [2.24, 2.45) is 35.5 Å². The molecule has 1 heterocycles. The Labute approximate surface area is 127 Å². The van der Waals surface area contributed by atoms with Crippen molar-refractivity contribution >= 4 is 23.3 Å². The van der Waals surface area contributed by atoms with E-state index in [-0.39, 0.29) is 41.3 Å². The van der Waals surface area contributed by atoms with Gasteiger partial charge >= 0.3 is 0 Å². The molecule has 0 N–H and O–H groups in total. The lowest BCUT2D eigenvalue weighted by Gasteiger charge is -2.28. The molecule has 0 unspecified atom stereocenters. The fourth-order valence-electron chi connectivity index (χ4n) is 4.71. The summed E-state index contributed by atoms with van der Waals surface area (Å²) in [6.45, 7) is 0. The number of hydrogen-bond acceptors (Lipinski definition) is 3. The predicted octanol–water partition coefficient (Wildman–Crippen LogP) is 1.81. The van der Waals surface area contributed by atoms with Crippen LogP contribution in [0.3, 0.4) is 0 Å². The second-order valence-corrected chi connectivity index (χ2v) is 6.80. The van der Waals surface area contributed by atoms with Gasteiger partial charge in [0.1, 0.15) is 5.78 Å². The van der Waals surface area contributed by atoms with Gasteiger partial charge < -0.3 is 0 Å². The van der Waals surface area contributed by atoms with Gasteiger partial charge in [-0.15, -0.1) is 0 Å². The number of carbonyl (C=O) groups excluding carboxylic acids is 3. The highest BCUT2D eigenvalue weighted by molar-refractivity contribution is 6.23. The van der Waals surface area contributed by atoms with E-state index >= 15 is 0 Å². The lowest BCUT2D eigenvalue weighted by Crippen LogP contribution is -2.35. The molecule has 1 saturated heterocycles. The molecule has 6 atom stereocenters. The van der Waals surface area contributed by atoms with Gasteiger partial charge in [0.15, 0.2) is 0 Å². The van der Waals surface area contributed by atoms with E-state index in [1.54, 1.807) is 12.1 Å². The van der Waals surface area contributed by atoms with Crippen molar-refractivity contribution in [1.82, 2.24) is 0 Å². The Kier molecular flexibility index (Phi) is 2.21. The van der Waals surface area contributed by atoms with Gasteiger partial charge in [0.05, 0.1) is 17.5 Å². The van der Waals surface area contributed by atoms with E-state index in [9.17, 15) is 14.4 Å². The molecule has 2 bridgehead atoms. The largest absolute Gasteiger partial charge is 0.299 e. The molecule has 0 radical (unpaired) electrons. The van der Waals surface area contributed by atoms with Gasteiger partial charge in [-0.05, 0) is 30.4 Å². The summed E-state index contributed by atoms with van der Waals surface area (Å²) in [5.74, 6) is -0.958. The number of carbonyl (C=O) groups is 3. The Hall–Kier alpha value is -2.23. The Bertz CT molecular complexity index is 738. The van der Waals surface area contributed by atoms with E-state index in [0.717, 1.165) is 6.42 Å². The van der Waals surface area contributed by atoms with Gasteiger partial charge in [0, 0.05) is 11.8 Å². The second kappa shape index (κ2) is 3.94. The predicted molar refractivity (Wildman–Crippen MR) is 78.6 cm³/mol. The number of imide groups is 1. The number of para-hydroxylation sites is 1. The lowest BCUT2D eigenvalue weighted by atomic mass is 9.71. The third-order valence-electron chi connectivity index (χ3n) is 5.78. The molecule has 1 aromatic carbocycles. The fraction of sp³-hybridized carbons (Fsp3) is 0.389. The standard InChI is InChI=1S/C18H15NO3/c20-16-11-7-6-10(12-8-13(12)16)14-15(11)18(22)19(17(14)21)9-4-2-1-3-5-9/h1-7,10-15H,8H2/t10-,11-,12-,13-,14-,15+/m0/s1. The molecule has 2 amide bonds. The van der Waals surface area contributed by atoms with Crippen molar-refractivity contribution in [3.05, 3.63) is 42.5 Å². The third-order valence-corrected chi connectivity index (χ3v) is 5.78. The maximum Gasteiger partial charge on any atom is 0.238 e. The Morgan fingerprint density at radius 3 is 2.41 bits per heavy atom. The van der Waals surface area contributed by atoms with E-state index in [2.05, 4.69) is 0 Å². The molecule has 4 aliphatic carbocycles. The molecule has 0 aromatic heterocycles. The maximum atomic E-state index is 12.9. The Morgan fingerprint density at radius 2 is 1.64 bits per heavy atom. The first-order valence-corrected chi connectivity index (χ1v) is 7.83. The van der Waals surface area contributed by atoms with Crippen LogP contribution in [0.5, 0.6) is 0 Å². The quantitative estimate of drug-likeness (QED) is 0.586. The molecular formula is C18H15NO3. The number of benzene rings is 1. The first kappa shape index (κ1) is 12.3. The van der Waals surface area contributed by atoms with Crippen LogP contribution in [0.1, 0.15) is 6.42 Å². The van der Waals surface area contributed by atoms with Crippen LogP contribution in [0.4, 0.5) is 5.69 Å². The molecule has 22 heavy (non-hydrogen) atoms. The topological polar surface area (TPSA) is 54.5 Å². The molecule has 0 spiro atoms. The molecular weight excluding hydrogens is 278 g/mol. The summed E-state index contributed by atoms with van der Waals surface area (Å²) < 4.78 is 0. The monoisotopic (exact) mass is 293 g/mol. The fourth-order valence-corrected chi connectivity index (χ4v) is 4.71. The third kappa shape index (κ3) is 1.35. The highest BCUT2D eigenvalue weighted by atomic mass is 16.2. The molecule has 4 heteroatoms. The summed E-state index contributed by atoms with van der Waals surface area (Å²) in [7, 11) is 0. The zero-order chi connectivity index (χ0) is 15.0. The molecule has 4 nitrogen and oxygen atoms in total. The summed E-state index contributed by atoms with van der Waals surface area (Å²) in [4.78, 5) is 39.7. The van der Waals surface area contributed by atoms with Crippen LogP contribution in [-0.2, 0) is 14.4 Å². The van der Waals surface area contributed by atoms with Gasteiger partial charge in [-0.1, -0.05) is 30.4 Å². The van der Waals surface area contributed by atoms with Crippen molar-refractivity contribution < 1.29 is 14.4 Å². The van der Waals surface area contributed by atoms with Crippen molar-refractivity contribution in [2.45, 2.75) is 6.42 Å². The van der Waals surface area contributed by atoms with E-state index < -0.39 is 11.8 Å². The number of rotatable bonds is 1. The van der Waals surface area contributed by atoms with Crippen molar-refractivity contribution in [1.29, 1.82) is 0 Å². The van der Waals surface area contributed by atoms with Crippen molar-refractivity contribution in [3.8, 4) is 0 Å². The van der Waals surface area contributed by atoms with Gasteiger partial charge in [-0.2, -0.15) is 0 Å². The minimum atomic E-state index is -0.483. The maximum absolute atomic E-state index is 12.9. The van der Waals surface area contributed by atoms with E-state index in [0.29, 0.717) is 5.69 Å². The van der Waals surface area contributed by atoms with Gasteiger partial charge in [-0.3, -0.25) is 19.3 Å². The average Bonchev–Trinajstić information content (AvgIpc) is 3.31. The molecule has 5 aliphatic rings. The van der Waals surface area contributed by atoms with Gasteiger partial charge in [0.2, 0.25) is 11.8 Å². The lowest BCUT2D eigenvalue weighted by molar-refractivity contribution is -0.130. The van der Waals surface area contributed by atoms with Crippen LogP contribution in [0.2, 0.25) is 0 Å². The molecule has 2 saturated carbocycles. The second-order valence-electron chi connectivity index (χ2n) is 6.80. The number of hydrogen-bond donors (Lipinski definition) is 0. The molecule has 3 fully saturated rings. The van der Waals surface area contributed by atoms with E-state index in [4.69, 9.17) is 0 Å². The first-order valence-electron chi connectivity index (χ1n) is 7.83. The first-order chi connectivity index (χ1) is 10.7. The average molecular weight is 293 g/mol. The summed E-state index contributed by atoms with van der Waals surface area (Å²) >= 11 is 0. The Balaban J connectivity index is 1.62. The summed E-state index contributed by atoms with van der Waals surface area (Å²) in [6, 6.07) is 9.05. The van der Waals surface area contributed by atoms with Crippen molar-refractivity contribution in [3.63, 3.8) is 0 Å². The van der Waals surface area contributed by atoms with Crippen LogP contribution < -0.4 is 4.90 Å². The van der Waals surface area contributed by atoms with Crippen LogP contribution in [0.15, 0.2) is 42.5 Å². The number of amides is 2. The van der Waals surface area contributed by atoms with E-state index in [1.807, 2.05) is 30.4 Å². The van der Waals surface area contributed by atoms with Crippen LogP contribution in [0, 0.1) is 35.5 Å². The smallest absolute Gasteiger partial charge is 0.238 e. The summed E-state index contributed by atoms with van der Waals surface area (Å²) in [5, 5.41) is 0. The summed E-state index contributed by atoms with van der Waals surface area (Å²) in [5.41, 5.74) is 0.616. The summed E-state index contributed by atoms with van der Waals surface area (Å²) in [6.07, 6.45) is 4.81. The highest BCUT2D eigenvalue weighted by Gasteiger charge is 2.65. The number of allylic oxidation sites excluding steroid dienone is 2. The highest BCUT2D eigenvalue weighted by Crippen LogP contribution is 2.59. The number of ketones is 1. The minimum Gasteiger partial charge on any atom is -0.299 e. The molecule has 1 aromatic rings. The SMILES string of the molecule is O=C1[C@H]2C=C[C@@H]([C@@H]3C[C@H]13)[C@@H]1C(=O)N(c3ccccc3)C(=O)[C@@H]12. The van der Waals surface area contributed by atoms with Crippen LogP contribution in [0.25, 0.3) is 0 Å². The Morgan fingerprint density at radius 1 is 0.909 bits per heavy atom. The normalized spacial score (nSPS) is 41.5. The van der Waals surface area contributed by atoms with E-state index in [1.165, 1.54) is 4.90 Å². The zero-order valence-corrected chi connectivity index (χ0v) is 11.9.